The third-order valence-electron chi connectivity index (χ3n) is 6.08. The Morgan fingerprint density at radius 1 is 1.03 bits per heavy atom. The number of amides is 2. The summed E-state index contributed by atoms with van der Waals surface area (Å²) < 4.78 is 11.1. The largest absolute Gasteiger partial charge is 0.462 e. The lowest BCUT2D eigenvalue weighted by atomic mass is 9.77. The number of nitrogens with zero attached hydrogens (tertiary/aromatic N) is 3. The van der Waals surface area contributed by atoms with Crippen molar-refractivity contribution in [2.24, 2.45) is 22.1 Å². The number of carbonyl (C=O) groups is 3. The van der Waals surface area contributed by atoms with Gasteiger partial charge in [-0.15, -0.1) is 0 Å². The van der Waals surface area contributed by atoms with E-state index in [1.165, 1.54) is 11.8 Å². The number of esters is 1. The van der Waals surface area contributed by atoms with Crippen molar-refractivity contribution in [3.8, 4) is 0 Å². The summed E-state index contributed by atoms with van der Waals surface area (Å²) in [6, 6.07) is 14.4. The first-order valence-corrected chi connectivity index (χ1v) is 10.3. The predicted octanol–water partition coefficient (Wildman–Crippen LogP) is 3.79. The van der Waals surface area contributed by atoms with Crippen molar-refractivity contribution in [1.82, 2.24) is 0 Å². The Kier molecular flexibility index (Phi) is 4.74. The molecule has 0 N–H and O–H groups in total. The molecular formula is C24H21N3O5. The van der Waals surface area contributed by atoms with E-state index in [4.69, 9.17) is 9.47 Å². The van der Waals surface area contributed by atoms with Gasteiger partial charge >= 0.3 is 5.97 Å². The Morgan fingerprint density at radius 2 is 1.66 bits per heavy atom. The van der Waals surface area contributed by atoms with Crippen LogP contribution in [0.5, 0.6) is 0 Å². The number of aryl methyl sites for hydroxylation is 1. The first kappa shape index (κ1) is 20.3. The van der Waals surface area contributed by atoms with Gasteiger partial charge in [0, 0.05) is 6.92 Å². The highest BCUT2D eigenvalue weighted by Crippen LogP contribution is 2.52. The number of azo groups is 1. The van der Waals surface area contributed by atoms with E-state index >= 15 is 0 Å². The van der Waals surface area contributed by atoms with E-state index in [-0.39, 0.29) is 18.4 Å². The van der Waals surface area contributed by atoms with Gasteiger partial charge in [-0.05, 0) is 49.4 Å². The molecule has 2 aromatic carbocycles. The molecule has 0 radical (unpaired) electrons. The van der Waals surface area contributed by atoms with Gasteiger partial charge in [0.1, 0.15) is 12.2 Å². The lowest BCUT2D eigenvalue weighted by Gasteiger charge is -2.28. The third kappa shape index (κ3) is 3.23. The van der Waals surface area contributed by atoms with Crippen molar-refractivity contribution in [1.29, 1.82) is 0 Å². The summed E-state index contributed by atoms with van der Waals surface area (Å²) in [5, 5.41) is 8.42. The summed E-state index contributed by atoms with van der Waals surface area (Å²) in [6.07, 6.45) is 3.01. The van der Waals surface area contributed by atoms with E-state index in [2.05, 4.69) is 10.2 Å². The van der Waals surface area contributed by atoms with Crippen molar-refractivity contribution in [2.45, 2.75) is 25.6 Å². The summed E-state index contributed by atoms with van der Waals surface area (Å²) in [5.41, 5.74) is 1.85. The quantitative estimate of drug-likeness (QED) is 0.311. The van der Waals surface area contributed by atoms with Gasteiger partial charge in [-0.1, -0.05) is 23.8 Å². The molecule has 32 heavy (non-hydrogen) atoms. The van der Waals surface area contributed by atoms with Crippen LogP contribution in [-0.2, 0) is 23.9 Å². The minimum atomic E-state index is -1.09. The molecule has 0 spiro atoms. The number of ether oxygens (including phenoxy) is 2. The molecule has 2 bridgehead atoms. The van der Waals surface area contributed by atoms with Crippen LogP contribution < -0.4 is 4.90 Å². The molecule has 2 aromatic rings. The molecule has 162 valence electrons. The first-order chi connectivity index (χ1) is 15.4. The highest BCUT2D eigenvalue weighted by atomic mass is 16.6. The van der Waals surface area contributed by atoms with E-state index in [0.717, 1.165) is 11.3 Å². The Bertz CT molecular complexity index is 1160. The van der Waals surface area contributed by atoms with Crippen LogP contribution in [0, 0.1) is 18.8 Å². The zero-order valence-corrected chi connectivity index (χ0v) is 17.6. The Labute approximate surface area is 184 Å². The van der Waals surface area contributed by atoms with Gasteiger partial charge in [0.15, 0.2) is 0 Å². The Hall–Kier alpha value is -3.65. The molecule has 8 heteroatoms. The van der Waals surface area contributed by atoms with Gasteiger partial charge in [0.25, 0.3) is 0 Å². The van der Waals surface area contributed by atoms with Crippen LogP contribution >= 0.6 is 0 Å². The fourth-order valence-corrected chi connectivity index (χ4v) is 4.53. The molecule has 3 aliphatic rings. The summed E-state index contributed by atoms with van der Waals surface area (Å²) in [5.74, 6) is -2.47. The van der Waals surface area contributed by atoms with Crippen LogP contribution in [0.15, 0.2) is 70.9 Å². The van der Waals surface area contributed by atoms with Gasteiger partial charge in [0.2, 0.25) is 11.8 Å². The summed E-state index contributed by atoms with van der Waals surface area (Å²) in [7, 11) is 0. The van der Waals surface area contributed by atoms with E-state index in [9.17, 15) is 14.4 Å². The molecule has 8 nitrogen and oxygen atoms in total. The molecule has 0 aliphatic carbocycles. The van der Waals surface area contributed by atoms with Crippen molar-refractivity contribution < 1.29 is 23.9 Å². The Balaban J connectivity index is 1.36. The molecule has 3 heterocycles. The van der Waals surface area contributed by atoms with Gasteiger partial charge < -0.3 is 9.47 Å². The van der Waals surface area contributed by atoms with Gasteiger partial charge in [-0.25, -0.2) is 4.90 Å². The fraction of sp³-hybridized carbons (Fsp3) is 0.292. The SMILES string of the molecule is CC(=O)OC[C@@]12C=C[C@@H](O1)[C@@H]1C(=O)N(c3ccc(N=Nc4ccc(C)cc4)cc3)C(=O)[C@@H]12. The smallest absolute Gasteiger partial charge is 0.302 e. The van der Waals surface area contributed by atoms with Crippen LogP contribution in [0.1, 0.15) is 12.5 Å². The van der Waals surface area contributed by atoms with Crippen LogP contribution in [-0.4, -0.2) is 36.1 Å². The van der Waals surface area contributed by atoms with Crippen LogP contribution in [0.3, 0.4) is 0 Å². The van der Waals surface area contributed by atoms with Gasteiger partial charge in [-0.2, -0.15) is 10.2 Å². The lowest BCUT2D eigenvalue weighted by molar-refractivity contribution is -0.150. The van der Waals surface area contributed by atoms with Crippen molar-refractivity contribution in [3.63, 3.8) is 0 Å². The summed E-state index contributed by atoms with van der Waals surface area (Å²) in [4.78, 5) is 38.9. The second-order valence-corrected chi connectivity index (χ2v) is 8.24. The maximum atomic E-state index is 13.3. The molecular weight excluding hydrogens is 410 g/mol. The normalized spacial score (nSPS) is 28.1. The van der Waals surface area contributed by atoms with Crippen LogP contribution in [0.25, 0.3) is 0 Å². The number of hydrogen-bond acceptors (Lipinski definition) is 7. The molecule has 4 atom stereocenters. The predicted molar refractivity (Wildman–Crippen MR) is 115 cm³/mol. The molecule has 3 aliphatic heterocycles. The minimum Gasteiger partial charge on any atom is -0.462 e. The average molecular weight is 431 g/mol. The number of carbonyl (C=O) groups excluding carboxylic acids is 3. The number of anilines is 1. The van der Waals surface area contributed by atoms with Crippen LogP contribution in [0.4, 0.5) is 17.1 Å². The van der Waals surface area contributed by atoms with Gasteiger partial charge in [0.05, 0.1) is 35.0 Å². The maximum Gasteiger partial charge on any atom is 0.302 e. The van der Waals surface area contributed by atoms with Gasteiger partial charge in [-0.3, -0.25) is 14.4 Å². The van der Waals surface area contributed by atoms with E-state index in [1.54, 1.807) is 36.4 Å². The highest BCUT2D eigenvalue weighted by molar-refractivity contribution is 6.23. The summed E-state index contributed by atoms with van der Waals surface area (Å²) >= 11 is 0. The molecule has 5 rings (SSSR count). The topological polar surface area (TPSA) is 97.6 Å². The lowest BCUT2D eigenvalue weighted by Crippen LogP contribution is -2.44. The third-order valence-corrected chi connectivity index (χ3v) is 6.08. The van der Waals surface area contributed by atoms with E-state index in [1.807, 2.05) is 31.2 Å². The van der Waals surface area contributed by atoms with Crippen molar-refractivity contribution in [2.75, 3.05) is 11.5 Å². The van der Waals surface area contributed by atoms with E-state index in [0.29, 0.717) is 11.4 Å². The van der Waals surface area contributed by atoms with E-state index < -0.39 is 29.5 Å². The number of benzene rings is 2. The average Bonchev–Trinajstić information content (AvgIpc) is 3.43. The molecule has 2 fully saturated rings. The molecule has 0 saturated carbocycles. The van der Waals surface area contributed by atoms with Crippen molar-refractivity contribution in [3.05, 3.63) is 66.2 Å². The number of fused-ring (bicyclic) bond motifs is 5. The second-order valence-electron chi connectivity index (χ2n) is 8.24. The van der Waals surface area contributed by atoms with Crippen molar-refractivity contribution >= 4 is 34.8 Å². The summed E-state index contributed by atoms with van der Waals surface area (Å²) in [6.45, 7) is 3.20. The maximum absolute atomic E-state index is 13.3. The first-order valence-electron chi connectivity index (χ1n) is 10.3. The standard InChI is InChI=1S/C24H21N3O5/c1-14-3-5-16(6-4-14)25-26-17-7-9-18(10-8-17)27-22(29)20-19-11-12-24(32-19,13-31-15(2)28)21(20)23(27)30/h3-12,19-21H,13H2,1-2H3/t19-,20+,21-,24-/m1/s1. The number of rotatable bonds is 5. The molecule has 0 unspecified atom stereocenters. The zero-order chi connectivity index (χ0) is 22.5. The molecule has 2 saturated heterocycles. The molecule has 2 amide bonds. The Morgan fingerprint density at radius 3 is 2.28 bits per heavy atom. The minimum absolute atomic E-state index is 0.0955. The molecule has 0 aromatic heterocycles. The van der Waals surface area contributed by atoms with Crippen LogP contribution in [0.2, 0.25) is 0 Å². The fourth-order valence-electron chi connectivity index (χ4n) is 4.53. The number of hydrogen-bond donors (Lipinski definition) is 0. The zero-order valence-electron chi connectivity index (χ0n) is 17.6. The second kappa shape index (κ2) is 7.49. The highest BCUT2D eigenvalue weighted by Gasteiger charge is 2.68. The number of imide groups is 1. The monoisotopic (exact) mass is 431 g/mol.